The average molecular weight is 508 g/mol. The van der Waals surface area contributed by atoms with Crippen molar-refractivity contribution in [3.05, 3.63) is 65.5 Å². The van der Waals surface area contributed by atoms with Gasteiger partial charge in [-0.1, -0.05) is 0 Å². The lowest BCUT2D eigenvalue weighted by Gasteiger charge is -2.26. The van der Waals surface area contributed by atoms with Crippen LogP contribution in [-0.2, 0) is 4.74 Å². The second-order valence-corrected chi connectivity index (χ2v) is 8.28. The Labute approximate surface area is 212 Å². The number of ether oxygens (including phenoxy) is 3. The number of amides is 2. The first kappa shape index (κ1) is 25.5. The van der Waals surface area contributed by atoms with E-state index in [0.717, 1.165) is 6.20 Å². The molecule has 0 saturated carbocycles. The van der Waals surface area contributed by atoms with Gasteiger partial charge in [-0.15, -0.1) is 0 Å². The number of hydrogen-bond acceptors (Lipinski definition) is 9. The number of carbonyl (C=O) groups is 3. The van der Waals surface area contributed by atoms with Crippen LogP contribution in [0.3, 0.4) is 0 Å². The third-order valence-corrected chi connectivity index (χ3v) is 5.14. The molecule has 1 aliphatic rings. The molecule has 12 heteroatoms. The van der Waals surface area contributed by atoms with Crippen LogP contribution in [0, 0.1) is 0 Å². The Morgan fingerprint density at radius 3 is 2.27 bits per heavy atom. The molecule has 0 bridgehead atoms. The normalized spacial score (nSPS) is 13.2. The number of rotatable bonds is 8. The lowest BCUT2D eigenvalue weighted by atomic mass is 10.2. The van der Waals surface area contributed by atoms with Crippen LogP contribution in [0.25, 0.3) is 0 Å². The highest BCUT2D eigenvalue weighted by Gasteiger charge is 2.19. The van der Waals surface area contributed by atoms with Crippen molar-refractivity contribution in [2.45, 2.75) is 20.0 Å². The summed E-state index contributed by atoms with van der Waals surface area (Å²) in [5.74, 6) is -1.24. The van der Waals surface area contributed by atoms with Crippen LogP contribution in [0.15, 0.2) is 48.8 Å². The van der Waals surface area contributed by atoms with E-state index >= 15 is 0 Å². The Hall–Kier alpha value is -4.58. The van der Waals surface area contributed by atoms with Gasteiger partial charge in [0.1, 0.15) is 5.82 Å². The van der Waals surface area contributed by atoms with E-state index in [0.29, 0.717) is 31.9 Å². The van der Waals surface area contributed by atoms with Crippen molar-refractivity contribution in [2.75, 3.05) is 31.6 Å². The zero-order chi connectivity index (χ0) is 26.4. The fourth-order valence-electron chi connectivity index (χ4n) is 3.37. The number of carbonyl (C=O) groups excluding carboxylic acids is 2. The number of carboxylic acid groups (broad SMARTS) is 1. The summed E-state index contributed by atoms with van der Waals surface area (Å²) in [7, 11) is 0. The molecule has 1 fully saturated rings. The van der Waals surface area contributed by atoms with Crippen LogP contribution in [0.2, 0.25) is 0 Å². The second kappa shape index (κ2) is 11.4. The third-order valence-electron chi connectivity index (χ3n) is 5.14. The monoisotopic (exact) mass is 507 g/mol. The number of anilines is 1. The summed E-state index contributed by atoms with van der Waals surface area (Å²) in [5, 5.41) is 11.6. The molecule has 0 aliphatic carbocycles. The van der Waals surface area contributed by atoms with Crippen molar-refractivity contribution in [1.82, 2.24) is 19.9 Å². The van der Waals surface area contributed by atoms with E-state index < -0.39 is 11.9 Å². The Morgan fingerprint density at radius 1 is 0.946 bits per heavy atom. The number of nitrogens with zero attached hydrogens (tertiary/aromatic N) is 4. The van der Waals surface area contributed by atoms with E-state index in [2.05, 4.69) is 20.3 Å². The molecule has 1 saturated heterocycles. The van der Waals surface area contributed by atoms with E-state index in [1.807, 2.05) is 13.8 Å². The van der Waals surface area contributed by atoms with E-state index in [4.69, 9.17) is 19.3 Å². The lowest BCUT2D eigenvalue weighted by molar-refractivity contribution is 0.0302. The van der Waals surface area contributed by atoms with Crippen LogP contribution in [0.1, 0.15) is 44.9 Å². The smallest absolute Gasteiger partial charge is 0.337 e. The molecular formula is C25H25N5O7. The van der Waals surface area contributed by atoms with Crippen LogP contribution >= 0.6 is 0 Å². The maximum absolute atomic E-state index is 12.9. The summed E-state index contributed by atoms with van der Waals surface area (Å²) in [4.78, 5) is 50.6. The number of nitrogens with one attached hydrogen (secondary N) is 1. The van der Waals surface area contributed by atoms with Crippen LogP contribution in [-0.4, -0.2) is 75.1 Å². The van der Waals surface area contributed by atoms with Crippen LogP contribution < -0.4 is 14.8 Å². The fourth-order valence-corrected chi connectivity index (χ4v) is 3.37. The Balaban J connectivity index is 1.50. The van der Waals surface area contributed by atoms with Gasteiger partial charge in [-0.25, -0.2) is 14.8 Å². The third kappa shape index (κ3) is 6.76. The van der Waals surface area contributed by atoms with Gasteiger partial charge in [-0.3, -0.25) is 9.59 Å². The first-order valence-electron chi connectivity index (χ1n) is 11.5. The zero-order valence-electron chi connectivity index (χ0n) is 20.2. The molecule has 3 aromatic heterocycles. The summed E-state index contributed by atoms with van der Waals surface area (Å²) >= 11 is 0. The van der Waals surface area contributed by atoms with Gasteiger partial charge in [0, 0.05) is 43.7 Å². The molecule has 3 aromatic rings. The molecule has 2 amide bonds. The quantitative estimate of drug-likeness (QED) is 0.465. The fraction of sp³-hybridized carbons (Fsp3) is 0.280. The number of hydrogen-bond donors (Lipinski definition) is 2. The number of morpholine rings is 1. The molecule has 4 rings (SSSR count). The largest absolute Gasteiger partial charge is 0.478 e. The molecule has 0 aromatic carbocycles. The van der Waals surface area contributed by atoms with Crippen molar-refractivity contribution < 1.29 is 33.7 Å². The molecule has 37 heavy (non-hydrogen) atoms. The van der Waals surface area contributed by atoms with Gasteiger partial charge in [0.2, 0.25) is 17.6 Å². The minimum absolute atomic E-state index is 0.00428. The van der Waals surface area contributed by atoms with Crippen LogP contribution in [0.4, 0.5) is 5.82 Å². The van der Waals surface area contributed by atoms with Crippen molar-refractivity contribution in [3.8, 4) is 17.6 Å². The second-order valence-electron chi connectivity index (χ2n) is 8.28. The van der Waals surface area contributed by atoms with Crippen molar-refractivity contribution in [2.24, 2.45) is 0 Å². The highest BCUT2D eigenvalue weighted by molar-refractivity contribution is 6.04. The molecule has 4 heterocycles. The van der Waals surface area contributed by atoms with E-state index in [-0.39, 0.29) is 46.6 Å². The minimum Gasteiger partial charge on any atom is -0.478 e. The lowest BCUT2D eigenvalue weighted by Crippen LogP contribution is -2.40. The molecule has 2 N–H and O–H groups in total. The van der Waals surface area contributed by atoms with Gasteiger partial charge in [0.05, 0.1) is 36.0 Å². The molecule has 192 valence electrons. The standard InChI is InChI=1S/C25H25N5O7/c1-15(2)36-21-11-18(23(31)28-19-5-3-17(14-26-19)25(33)34)12-22(29-21)37-20-6-4-16(13-27-20)24(32)30-7-9-35-10-8-30/h3-6,11-15H,7-10H2,1-2H3,(H,33,34)(H,26,28,31). The molecule has 12 nitrogen and oxygen atoms in total. The maximum Gasteiger partial charge on any atom is 0.337 e. The Bertz CT molecular complexity index is 1270. The van der Waals surface area contributed by atoms with E-state index in [1.54, 1.807) is 17.0 Å². The summed E-state index contributed by atoms with van der Waals surface area (Å²) in [6, 6.07) is 8.72. The van der Waals surface area contributed by atoms with Crippen molar-refractivity contribution in [1.29, 1.82) is 0 Å². The van der Waals surface area contributed by atoms with Gasteiger partial charge in [-0.2, -0.15) is 4.98 Å². The number of aromatic nitrogens is 3. The summed E-state index contributed by atoms with van der Waals surface area (Å²) in [6.07, 6.45) is 2.35. The van der Waals surface area contributed by atoms with Crippen molar-refractivity contribution >= 4 is 23.6 Å². The predicted molar refractivity (Wildman–Crippen MR) is 130 cm³/mol. The molecular weight excluding hydrogens is 482 g/mol. The van der Waals surface area contributed by atoms with Gasteiger partial charge >= 0.3 is 5.97 Å². The number of pyridine rings is 3. The Morgan fingerprint density at radius 2 is 1.65 bits per heavy atom. The maximum atomic E-state index is 12.9. The SMILES string of the molecule is CC(C)Oc1cc(C(=O)Nc2ccc(C(=O)O)cn2)cc(Oc2ccc(C(=O)N3CCOCC3)cn2)n1. The highest BCUT2D eigenvalue weighted by Crippen LogP contribution is 2.24. The van der Waals surface area contributed by atoms with E-state index in [1.165, 1.54) is 30.5 Å². The first-order valence-corrected chi connectivity index (χ1v) is 11.5. The van der Waals surface area contributed by atoms with Crippen LogP contribution in [0.5, 0.6) is 17.6 Å². The van der Waals surface area contributed by atoms with Gasteiger partial charge in [0.25, 0.3) is 11.8 Å². The molecule has 1 aliphatic heterocycles. The predicted octanol–water partition coefficient (Wildman–Crippen LogP) is 2.87. The summed E-state index contributed by atoms with van der Waals surface area (Å²) < 4.78 is 16.7. The van der Waals surface area contributed by atoms with E-state index in [9.17, 15) is 14.4 Å². The Kier molecular flexibility index (Phi) is 7.89. The molecule has 0 atom stereocenters. The van der Waals surface area contributed by atoms with Gasteiger partial charge in [0.15, 0.2) is 0 Å². The first-order chi connectivity index (χ1) is 17.8. The van der Waals surface area contributed by atoms with Crippen molar-refractivity contribution in [3.63, 3.8) is 0 Å². The van der Waals surface area contributed by atoms with Gasteiger partial charge < -0.3 is 29.5 Å². The number of carboxylic acids is 1. The summed E-state index contributed by atoms with van der Waals surface area (Å²) in [6.45, 7) is 5.67. The molecule has 0 radical (unpaired) electrons. The topological polar surface area (TPSA) is 153 Å². The number of aromatic carboxylic acids is 1. The average Bonchev–Trinajstić information content (AvgIpc) is 2.89. The zero-order valence-corrected chi connectivity index (χ0v) is 20.2. The summed E-state index contributed by atoms with van der Waals surface area (Å²) in [5.41, 5.74) is 0.583. The highest BCUT2D eigenvalue weighted by atomic mass is 16.5. The molecule has 0 spiro atoms. The van der Waals surface area contributed by atoms with Gasteiger partial charge in [-0.05, 0) is 32.0 Å². The molecule has 0 unspecified atom stereocenters. The minimum atomic E-state index is -1.12.